The minimum atomic E-state index is -0.694. The molecular formula is C15H10ClFN2O2. The highest BCUT2D eigenvalue weighted by Crippen LogP contribution is 2.21. The van der Waals surface area contributed by atoms with Crippen molar-refractivity contribution >= 4 is 23.3 Å². The van der Waals surface area contributed by atoms with Crippen molar-refractivity contribution in [1.29, 1.82) is 5.26 Å². The molecule has 0 radical (unpaired) electrons. The third kappa shape index (κ3) is 3.50. The van der Waals surface area contributed by atoms with Crippen LogP contribution >= 0.6 is 11.6 Å². The molecular weight excluding hydrogens is 295 g/mol. The smallest absolute Gasteiger partial charge is 0.340 e. The Morgan fingerprint density at radius 3 is 2.81 bits per heavy atom. The Morgan fingerprint density at radius 2 is 2.10 bits per heavy atom. The Hall–Kier alpha value is -2.58. The summed E-state index contributed by atoms with van der Waals surface area (Å²) in [5.74, 6) is -1.21. The molecule has 6 heteroatoms. The number of nitrogens with zero attached hydrogens (tertiary/aromatic N) is 1. The van der Waals surface area contributed by atoms with Crippen LogP contribution in [0.4, 0.5) is 10.1 Å². The predicted molar refractivity (Wildman–Crippen MR) is 76.1 cm³/mol. The van der Waals surface area contributed by atoms with E-state index in [0.29, 0.717) is 5.69 Å². The lowest BCUT2D eigenvalue weighted by Crippen LogP contribution is -2.07. The monoisotopic (exact) mass is 304 g/mol. The summed E-state index contributed by atoms with van der Waals surface area (Å²) in [5, 5.41) is 9.12. The van der Waals surface area contributed by atoms with E-state index in [-0.39, 0.29) is 28.3 Å². The molecule has 4 nitrogen and oxygen atoms in total. The largest absolute Gasteiger partial charge is 0.457 e. The zero-order valence-corrected chi connectivity index (χ0v) is 11.5. The van der Waals surface area contributed by atoms with Crippen molar-refractivity contribution in [2.45, 2.75) is 6.61 Å². The van der Waals surface area contributed by atoms with Crippen LogP contribution in [0.1, 0.15) is 21.5 Å². The first-order valence-electron chi connectivity index (χ1n) is 5.92. The Labute approximate surface area is 125 Å². The van der Waals surface area contributed by atoms with Crippen molar-refractivity contribution < 1.29 is 13.9 Å². The number of halogens is 2. The number of benzene rings is 2. The fourth-order valence-electron chi connectivity index (χ4n) is 1.71. The Bertz CT molecular complexity index is 741. The van der Waals surface area contributed by atoms with Crippen LogP contribution in [0.15, 0.2) is 36.4 Å². The van der Waals surface area contributed by atoms with Gasteiger partial charge in [-0.3, -0.25) is 0 Å². The van der Waals surface area contributed by atoms with Crippen LogP contribution in [0.3, 0.4) is 0 Å². The average molecular weight is 305 g/mol. The quantitative estimate of drug-likeness (QED) is 0.697. The van der Waals surface area contributed by atoms with Crippen LogP contribution in [0.2, 0.25) is 5.02 Å². The number of anilines is 1. The molecule has 0 fully saturated rings. The first kappa shape index (κ1) is 14.8. The molecule has 2 N–H and O–H groups in total. The van der Waals surface area contributed by atoms with Gasteiger partial charge in [0.25, 0.3) is 0 Å². The highest BCUT2D eigenvalue weighted by atomic mass is 35.5. The van der Waals surface area contributed by atoms with E-state index in [1.54, 1.807) is 6.07 Å². The standard InChI is InChI=1S/C15H10ClFN2O2/c16-14-4-3-12(19)6-13(14)15(20)21-8-10-5-11(17)2-1-9(10)7-18/h1-6H,8,19H2. The van der Waals surface area contributed by atoms with Gasteiger partial charge in [-0.2, -0.15) is 5.26 Å². The summed E-state index contributed by atoms with van der Waals surface area (Å²) in [6.45, 7) is -0.232. The van der Waals surface area contributed by atoms with Crippen LogP contribution in [0.25, 0.3) is 0 Å². The summed E-state index contributed by atoms with van der Waals surface area (Å²) >= 11 is 5.89. The lowest BCUT2D eigenvalue weighted by Gasteiger charge is -2.08. The van der Waals surface area contributed by atoms with Gasteiger partial charge in [-0.15, -0.1) is 0 Å². The normalized spacial score (nSPS) is 9.95. The number of nitriles is 1. The molecule has 0 heterocycles. The summed E-state index contributed by atoms with van der Waals surface area (Å²) in [5.41, 5.74) is 6.59. The molecule has 0 saturated carbocycles. The SMILES string of the molecule is N#Cc1ccc(F)cc1COC(=O)c1cc(N)ccc1Cl. The topological polar surface area (TPSA) is 76.1 Å². The van der Waals surface area contributed by atoms with E-state index in [1.165, 1.54) is 24.3 Å². The number of carbonyl (C=O) groups is 1. The fraction of sp³-hybridized carbons (Fsp3) is 0.0667. The van der Waals surface area contributed by atoms with Crippen molar-refractivity contribution in [2.75, 3.05) is 5.73 Å². The van der Waals surface area contributed by atoms with Gasteiger partial charge in [-0.05, 0) is 36.4 Å². The van der Waals surface area contributed by atoms with Crippen molar-refractivity contribution in [3.63, 3.8) is 0 Å². The van der Waals surface area contributed by atoms with E-state index >= 15 is 0 Å². The molecule has 0 spiro atoms. The van der Waals surface area contributed by atoms with Crippen LogP contribution < -0.4 is 5.73 Å². The summed E-state index contributed by atoms with van der Waals surface area (Å²) < 4.78 is 18.2. The Morgan fingerprint density at radius 1 is 1.33 bits per heavy atom. The molecule has 0 aliphatic rings. The van der Waals surface area contributed by atoms with Crippen molar-refractivity contribution in [3.05, 3.63) is 63.9 Å². The first-order chi connectivity index (χ1) is 10.0. The number of rotatable bonds is 3. The van der Waals surface area contributed by atoms with Gasteiger partial charge >= 0.3 is 5.97 Å². The molecule has 0 saturated heterocycles. The van der Waals surface area contributed by atoms with Crippen molar-refractivity contribution in [3.8, 4) is 6.07 Å². The molecule has 0 aromatic heterocycles. The van der Waals surface area contributed by atoms with E-state index in [9.17, 15) is 9.18 Å². The summed E-state index contributed by atoms with van der Waals surface area (Å²) in [7, 11) is 0. The summed E-state index contributed by atoms with van der Waals surface area (Å²) in [6, 6.07) is 9.97. The molecule has 0 atom stereocenters. The maximum atomic E-state index is 13.2. The van der Waals surface area contributed by atoms with Gasteiger partial charge in [0.1, 0.15) is 12.4 Å². The van der Waals surface area contributed by atoms with Crippen LogP contribution in [0, 0.1) is 17.1 Å². The Kier molecular flexibility index (Phi) is 4.41. The highest BCUT2D eigenvalue weighted by molar-refractivity contribution is 6.33. The third-order valence-corrected chi connectivity index (χ3v) is 3.09. The number of nitrogen functional groups attached to an aromatic ring is 1. The zero-order chi connectivity index (χ0) is 15.4. The highest BCUT2D eigenvalue weighted by Gasteiger charge is 2.14. The predicted octanol–water partition coefficient (Wildman–Crippen LogP) is 3.29. The first-order valence-corrected chi connectivity index (χ1v) is 6.29. The summed E-state index contributed by atoms with van der Waals surface area (Å²) in [6.07, 6.45) is 0. The molecule has 2 aromatic carbocycles. The molecule has 0 aliphatic heterocycles. The van der Waals surface area contributed by atoms with E-state index in [2.05, 4.69) is 0 Å². The maximum absolute atomic E-state index is 13.2. The minimum Gasteiger partial charge on any atom is -0.457 e. The van der Waals surface area contributed by atoms with Gasteiger partial charge in [-0.1, -0.05) is 11.6 Å². The van der Waals surface area contributed by atoms with Gasteiger partial charge in [0.15, 0.2) is 0 Å². The molecule has 106 valence electrons. The average Bonchev–Trinajstić information content (AvgIpc) is 2.47. The number of carbonyl (C=O) groups excluding carboxylic acids is 1. The number of ether oxygens (including phenoxy) is 1. The number of hydrogen-bond acceptors (Lipinski definition) is 4. The van der Waals surface area contributed by atoms with Crippen molar-refractivity contribution in [2.24, 2.45) is 0 Å². The van der Waals surface area contributed by atoms with Gasteiger partial charge in [0.2, 0.25) is 0 Å². The van der Waals surface area contributed by atoms with E-state index in [4.69, 9.17) is 27.3 Å². The van der Waals surface area contributed by atoms with Crippen LogP contribution in [-0.4, -0.2) is 5.97 Å². The fourth-order valence-corrected chi connectivity index (χ4v) is 1.91. The van der Waals surface area contributed by atoms with E-state index < -0.39 is 11.8 Å². The van der Waals surface area contributed by atoms with E-state index in [0.717, 1.165) is 6.07 Å². The van der Waals surface area contributed by atoms with Gasteiger partial charge in [0.05, 0.1) is 22.2 Å². The lowest BCUT2D eigenvalue weighted by molar-refractivity contribution is 0.0472. The van der Waals surface area contributed by atoms with Gasteiger partial charge in [-0.25, -0.2) is 9.18 Å². The van der Waals surface area contributed by atoms with Crippen LogP contribution in [-0.2, 0) is 11.3 Å². The number of nitrogens with two attached hydrogens (primary N) is 1. The zero-order valence-electron chi connectivity index (χ0n) is 10.8. The molecule has 0 unspecified atom stereocenters. The van der Waals surface area contributed by atoms with Crippen molar-refractivity contribution in [1.82, 2.24) is 0 Å². The molecule has 2 aromatic rings. The van der Waals surface area contributed by atoms with Gasteiger partial charge < -0.3 is 10.5 Å². The molecule has 0 amide bonds. The molecule has 2 rings (SSSR count). The second-order valence-corrected chi connectivity index (χ2v) is 4.64. The molecule has 0 bridgehead atoms. The second-order valence-electron chi connectivity index (χ2n) is 4.23. The van der Waals surface area contributed by atoms with Crippen LogP contribution in [0.5, 0.6) is 0 Å². The van der Waals surface area contributed by atoms with Gasteiger partial charge in [0, 0.05) is 11.3 Å². The maximum Gasteiger partial charge on any atom is 0.340 e. The summed E-state index contributed by atoms with van der Waals surface area (Å²) in [4.78, 5) is 11.9. The molecule has 21 heavy (non-hydrogen) atoms. The number of hydrogen-bond donors (Lipinski definition) is 1. The lowest BCUT2D eigenvalue weighted by atomic mass is 10.1. The Balaban J connectivity index is 2.17. The van der Waals surface area contributed by atoms with E-state index in [1.807, 2.05) is 6.07 Å². The second kappa shape index (κ2) is 6.25. The minimum absolute atomic E-state index is 0.117. The molecule has 0 aliphatic carbocycles. The third-order valence-electron chi connectivity index (χ3n) is 2.76. The number of esters is 1.